The highest BCUT2D eigenvalue weighted by atomic mass is 32.2. The number of benzene rings is 1. The minimum atomic E-state index is -3.67. The monoisotopic (exact) mass is 449 g/mol. The van der Waals surface area contributed by atoms with Crippen molar-refractivity contribution in [2.24, 2.45) is 5.92 Å². The third-order valence-corrected chi connectivity index (χ3v) is 8.94. The van der Waals surface area contributed by atoms with E-state index in [1.54, 1.807) is 12.1 Å². The standard InChI is InChI=1S/C23H35N3O4S/c1-30-21-9-8-19(16-22(21)31(28,29)26-12-4-5-13-26)23(27)24-20-10-14-25(15-11-20)17-18-6-2-3-7-18/h8-9,16,18,20H,2-7,10-15,17H2,1H3,(H,24,27). The quantitative estimate of drug-likeness (QED) is 0.693. The van der Waals surface area contributed by atoms with Crippen LogP contribution in [0.5, 0.6) is 5.75 Å². The molecule has 0 atom stereocenters. The first kappa shape index (κ1) is 22.6. The number of ether oxygens (including phenoxy) is 1. The summed E-state index contributed by atoms with van der Waals surface area (Å²) in [6.45, 7) is 4.25. The summed E-state index contributed by atoms with van der Waals surface area (Å²) >= 11 is 0. The molecule has 1 N–H and O–H groups in total. The van der Waals surface area contributed by atoms with Crippen LogP contribution in [0.3, 0.4) is 0 Å². The number of piperidine rings is 1. The number of rotatable bonds is 7. The van der Waals surface area contributed by atoms with E-state index < -0.39 is 10.0 Å². The van der Waals surface area contributed by atoms with Crippen LogP contribution in [0.15, 0.2) is 23.1 Å². The predicted molar refractivity (Wildman–Crippen MR) is 120 cm³/mol. The van der Waals surface area contributed by atoms with E-state index in [1.165, 1.54) is 49.7 Å². The zero-order valence-electron chi connectivity index (χ0n) is 18.5. The number of amides is 1. The van der Waals surface area contributed by atoms with Gasteiger partial charge in [0, 0.05) is 44.3 Å². The fourth-order valence-electron chi connectivity index (χ4n) is 5.17. The summed E-state index contributed by atoms with van der Waals surface area (Å²) in [5, 5.41) is 3.12. The molecule has 2 heterocycles. The second-order valence-electron chi connectivity index (χ2n) is 9.18. The Labute approximate surface area is 186 Å². The number of hydrogen-bond acceptors (Lipinski definition) is 5. The maximum atomic E-state index is 13.1. The minimum Gasteiger partial charge on any atom is -0.495 e. The fraction of sp³-hybridized carbons (Fsp3) is 0.696. The Hall–Kier alpha value is -1.64. The Balaban J connectivity index is 1.38. The van der Waals surface area contributed by atoms with E-state index in [1.807, 2.05) is 0 Å². The summed E-state index contributed by atoms with van der Waals surface area (Å²) in [5.74, 6) is 0.917. The third kappa shape index (κ3) is 5.23. The van der Waals surface area contributed by atoms with Gasteiger partial charge in [-0.3, -0.25) is 4.79 Å². The molecular formula is C23H35N3O4S. The van der Waals surface area contributed by atoms with Gasteiger partial charge in [0.05, 0.1) is 7.11 Å². The third-order valence-electron chi connectivity index (χ3n) is 7.02. The Morgan fingerprint density at radius 1 is 1.03 bits per heavy atom. The highest BCUT2D eigenvalue weighted by Crippen LogP contribution is 2.30. The number of nitrogens with zero attached hydrogens (tertiary/aromatic N) is 2. The number of carbonyl (C=O) groups is 1. The molecule has 1 aromatic rings. The van der Waals surface area contributed by atoms with Crippen LogP contribution in [-0.4, -0.2) is 69.4 Å². The molecule has 0 unspecified atom stereocenters. The molecule has 7 nitrogen and oxygen atoms in total. The van der Waals surface area contributed by atoms with Gasteiger partial charge in [0.2, 0.25) is 10.0 Å². The molecule has 3 aliphatic rings. The van der Waals surface area contributed by atoms with E-state index in [-0.39, 0.29) is 22.6 Å². The van der Waals surface area contributed by atoms with Gasteiger partial charge in [-0.15, -0.1) is 0 Å². The number of sulfonamides is 1. The van der Waals surface area contributed by atoms with Crippen LogP contribution in [0.1, 0.15) is 61.7 Å². The average Bonchev–Trinajstić information content (AvgIpc) is 3.49. The Kier molecular flexibility index (Phi) is 7.19. The SMILES string of the molecule is COc1ccc(C(=O)NC2CCN(CC3CCCC3)CC2)cc1S(=O)(=O)N1CCCC1. The van der Waals surface area contributed by atoms with Crippen LogP contribution < -0.4 is 10.1 Å². The van der Waals surface area contributed by atoms with Crippen LogP contribution in [0, 0.1) is 5.92 Å². The highest BCUT2D eigenvalue weighted by Gasteiger charge is 2.31. The Morgan fingerprint density at radius 2 is 1.71 bits per heavy atom. The van der Waals surface area contributed by atoms with Crippen molar-refractivity contribution in [2.75, 3.05) is 39.8 Å². The maximum absolute atomic E-state index is 13.1. The van der Waals surface area contributed by atoms with Crippen molar-refractivity contribution in [1.82, 2.24) is 14.5 Å². The van der Waals surface area contributed by atoms with E-state index in [9.17, 15) is 13.2 Å². The first-order valence-corrected chi connectivity index (χ1v) is 13.1. The van der Waals surface area contributed by atoms with E-state index in [4.69, 9.17) is 4.74 Å². The molecule has 0 spiro atoms. The molecule has 3 fully saturated rings. The van der Waals surface area contributed by atoms with Crippen molar-refractivity contribution in [1.29, 1.82) is 0 Å². The van der Waals surface area contributed by atoms with Gasteiger partial charge in [-0.2, -0.15) is 4.31 Å². The normalized spacial score (nSPS) is 22.1. The lowest BCUT2D eigenvalue weighted by atomic mass is 10.0. The summed E-state index contributed by atoms with van der Waals surface area (Å²) in [7, 11) is -2.21. The van der Waals surface area contributed by atoms with Gasteiger partial charge in [0.25, 0.3) is 5.91 Å². The highest BCUT2D eigenvalue weighted by molar-refractivity contribution is 7.89. The molecule has 2 aliphatic heterocycles. The van der Waals surface area contributed by atoms with Crippen molar-refractivity contribution in [2.45, 2.75) is 62.3 Å². The first-order valence-electron chi connectivity index (χ1n) is 11.7. The lowest BCUT2D eigenvalue weighted by Gasteiger charge is -2.33. The van der Waals surface area contributed by atoms with Gasteiger partial charge in [-0.25, -0.2) is 8.42 Å². The number of hydrogen-bond donors (Lipinski definition) is 1. The van der Waals surface area contributed by atoms with Crippen molar-refractivity contribution in [3.63, 3.8) is 0 Å². The zero-order chi connectivity index (χ0) is 21.8. The maximum Gasteiger partial charge on any atom is 0.251 e. The Bertz CT molecular complexity index is 869. The number of methoxy groups -OCH3 is 1. The molecule has 1 amide bonds. The molecule has 1 aromatic carbocycles. The molecule has 0 aromatic heterocycles. The van der Waals surface area contributed by atoms with Gasteiger partial charge in [-0.1, -0.05) is 12.8 Å². The second kappa shape index (κ2) is 9.88. The van der Waals surface area contributed by atoms with Crippen molar-refractivity contribution < 1.29 is 17.9 Å². The molecule has 1 saturated carbocycles. The number of likely N-dealkylation sites (tertiary alicyclic amines) is 1. The molecule has 8 heteroatoms. The number of carbonyl (C=O) groups excluding carboxylic acids is 1. The van der Waals surface area contributed by atoms with Gasteiger partial charge in [0.15, 0.2) is 0 Å². The minimum absolute atomic E-state index is 0.0796. The zero-order valence-corrected chi connectivity index (χ0v) is 19.3. The second-order valence-corrected chi connectivity index (χ2v) is 11.1. The summed E-state index contributed by atoms with van der Waals surface area (Å²) in [5.41, 5.74) is 0.368. The number of nitrogens with one attached hydrogen (secondary N) is 1. The summed E-state index contributed by atoms with van der Waals surface area (Å²) in [4.78, 5) is 15.5. The van der Waals surface area contributed by atoms with E-state index >= 15 is 0 Å². The van der Waals surface area contributed by atoms with Crippen molar-refractivity contribution >= 4 is 15.9 Å². The topological polar surface area (TPSA) is 79.0 Å². The van der Waals surface area contributed by atoms with E-state index in [2.05, 4.69) is 10.2 Å². The first-order chi connectivity index (χ1) is 15.0. The van der Waals surface area contributed by atoms with E-state index in [0.29, 0.717) is 18.7 Å². The molecule has 0 radical (unpaired) electrons. The largest absolute Gasteiger partial charge is 0.495 e. The molecule has 1 aliphatic carbocycles. The molecule has 2 saturated heterocycles. The summed E-state index contributed by atoms with van der Waals surface area (Å²) in [6, 6.07) is 4.83. The van der Waals surface area contributed by atoms with Gasteiger partial charge < -0.3 is 15.0 Å². The van der Waals surface area contributed by atoms with Crippen LogP contribution in [0.4, 0.5) is 0 Å². The summed E-state index contributed by atoms with van der Waals surface area (Å²) in [6.07, 6.45) is 9.06. The predicted octanol–water partition coefficient (Wildman–Crippen LogP) is 2.86. The molecular weight excluding hydrogens is 414 g/mol. The van der Waals surface area contributed by atoms with Crippen LogP contribution in [-0.2, 0) is 10.0 Å². The van der Waals surface area contributed by atoms with E-state index in [0.717, 1.165) is 44.7 Å². The van der Waals surface area contributed by atoms with Gasteiger partial charge in [0.1, 0.15) is 10.6 Å². The molecule has 4 rings (SSSR count). The lowest BCUT2D eigenvalue weighted by molar-refractivity contribution is 0.0905. The Morgan fingerprint density at radius 3 is 2.35 bits per heavy atom. The molecule has 31 heavy (non-hydrogen) atoms. The summed E-state index contributed by atoms with van der Waals surface area (Å²) < 4.78 is 32.9. The molecule has 172 valence electrons. The van der Waals surface area contributed by atoms with Crippen LogP contribution >= 0.6 is 0 Å². The van der Waals surface area contributed by atoms with Gasteiger partial charge >= 0.3 is 0 Å². The smallest absolute Gasteiger partial charge is 0.251 e. The molecule has 0 bridgehead atoms. The van der Waals surface area contributed by atoms with Gasteiger partial charge in [-0.05, 0) is 62.6 Å². The lowest BCUT2D eigenvalue weighted by Crippen LogP contribution is -2.45. The van der Waals surface area contributed by atoms with Crippen LogP contribution in [0.25, 0.3) is 0 Å². The fourth-order valence-corrected chi connectivity index (χ4v) is 6.87. The van der Waals surface area contributed by atoms with Crippen LogP contribution in [0.2, 0.25) is 0 Å². The van der Waals surface area contributed by atoms with Crippen molar-refractivity contribution in [3.8, 4) is 5.75 Å². The van der Waals surface area contributed by atoms with Crippen molar-refractivity contribution in [3.05, 3.63) is 23.8 Å². The average molecular weight is 450 g/mol.